The molecule has 1 unspecified atom stereocenters. The van der Waals surface area contributed by atoms with Crippen LogP contribution in [0.4, 0.5) is 5.69 Å². The number of halogens is 1. The summed E-state index contributed by atoms with van der Waals surface area (Å²) in [6.07, 6.45) is -0.504. The predicted octanol–water partition coefficient (Wildman–Crippen LogP) is 3.82. The first-order valence-electron chi connectivity index (χ1n) is 6.06. The van der Waals surface area contributed by atoms with Crippen molar-refractivity contribution in [3.63, 3.8) is 0 Å². The molecule has 0 heterocycles. The number of anilines is 1. The van der Waals surface area contributed by atoms with E-state index in [0.717, 1.165) is 16.8 Å². The monoisotopic (exact) mass is 321 g/mol. The lowest BCUT2D eigenvalue weighted by atomic mass is 10.1. The number of nitrogens with one attached hydrogen (secondary N) is 1. The van der Waals surface area contributed by atoms with Gasteiger partial charge in [0.1, 0.15) is 5.75 Å². The summed E-state index contributed by atoms with van der Waals surface area (Å²) >= 11 is 3.29. The van der Waals surface area contributed by atoms with Gasteiger partial charge < -0.3 is 15.5 Å². The molecule has 19 heavy (non-hydrogen) atoms. The molecule has 0 radical (unpaired) electrons. The maximum absolute atomic E-state index is 9.70. The zero-order valence-corrected chi connectivity index (χ0v) is 12.2. The lowest BCUT2D eigenvalue weighted by molar-refractivity contribution is 0.200. The summed E-state index contributed by atoms with van der Waals surface area (Å²) in [5, 5.41) is 22.4. The molecule has 0 saturated heterocycles. The molecule has 0 spiro atoms. The van der Waals surface area contributed by atoms with Crippen molar-refractivity contribution in [3.05, 3.63) is 58.1 Å². The van der Waals surface area contributed by atoms with Crippen molar-refractivity contribution in [2.75, 3.05) is 5.32 Å². The minimum atomic E-state index is -0.504. The fourth-order valence-electron chi connectivity index (χ4n) is 1.88. The third kappa shape index (κ3) is 3.49. The number of rotatable bonds is 4. The van der Waals surface area contributed by atoms with Crippen LogP contribution in [0.15, 0.2) is 46.9 Å². The normalized spacial score (nSPS) is 12.2. The smallest absolute Gasteiger partial charge is 0.129 e. The molecule has 0 saturated carbocycles. The highest BCUT2D eigenvalue weighted by molar-refractivity contribution is 9.10. The molecule has 3 nitrogen and oxygen atoms in total. The van der Waals surface area contributed by atoms with Crippen molar-refractivity contribution >= 4 is 21.6 Å². The number of phenolic OH excluding ortho intramolecular Hbond substituents is 1. The first-order chi connectivity index (χ1) is 9.08. The van der Waals surface area contributed by atoms with Gasteiger partial charge in [0, 0.05) is 17.8 Å². The van der Waals surface area contributed by atoms with Gasteiger partial charge in [-0.2, -0.15) is 0 Å². The third-order valence-electron chi connectivity index (χ3n) is 2.91. The van der Waals surface area contributed by atoms with Crippen LogP contribution in [0.1, 0.15) is 24.2 Å². The molecule has 0 aliphatic rings. The Labute approximate surface area is 121 Å². The van der Waals surface area contributed by atoms with E-state index in [-0.39, 0.29) is 5.75 Å². The molecule has 0 aromatic heterocycles. The molecule has 1 atom stereocenters. The van der Waals surface area contributed by atoms with Crippen LogP contribution >= 0.6 is 15.9 Å². The summed E-state index contributed by atoms with van der Waals surface area (Å²) < 4.78 is 0.676. The average molecular weight is 322 g/mol. The molecule has 0 fully saturated rings. The van der Waals surface area contributed by atoms with E-state index >= 15 is 0 Å². The van der Waals surface area contributed by atoms with Crippen molar-refractivity contribution in [1.29, 1.82) is 0 Å². The summed E-state index contributed by atoms with van der Waals surface area (Å²) in [7, 11) is 0. The second kappa shape index (κ2) is 6.08. The maximum atomic E-state index is 9.70. The van der Waals surface area contributed by atoms with E-state index in [1.54, 1.807) is 13.0 Å². The van der Waals surface area contributed by atoms with Gasteiger partial charge in [-0.3, -0.25) is 0 Å². The Kier molecular flexibility index (Phi) is 4.45. The van der Waals surface area contributed by atoms with Gasteiger partial charge in [-0.15, -0.1) is 0 Å². The van der Waals surface area contributed by atoms with Crippen molar-refractivity contribution in [2.45, 2.75) is 19.6 Å². The number of para-hydroxylation sites is 1. The fourth-order valence-corrected chi connectivity index (χ4v) is 2.31. The summed E-state index contributed by atoms with van der Waals surface area (Å²) in [6, 6.07) is 13.1. The largest absolute Gasteiger partial charge is 0.507 e. The van der Waals surface area contributed by atoms with Crippen molar-refractivity contribution < 1.29 is 10.2 Å². The van der Waals surface area contributed by atoms with Gasteiger partial charge in [0.2, 0.25) is 0 Å². The molecule has 0 amide bonds. The first-order valence-corrected chi connectivity index (χ1v) is 6.85. The van der Waals surface area contributed by atoms with Crippen LogP contribution in [0.3, 0.4) is 0 Å². The van der Waals surface area contributed by atoms with E-state index in [1.165, 1.54) is 0 Å². The number of benzene rings is 2. The Balaban J connectivity index is 2.12. The number of hydrogen-bond acceptors (Lipinski definition) is 3. The van der Waals surface area contributed by atoms with Gasteiger partial charge >= 0.3 is 0 Å². The van der Waals surface area contributed by atoms with Crippen molar-refractivity contribution in [1.82, 2.24) is 0 Å². The molecule has 0 aliphatic heterocycles. The van der Waals surface area contributed by atoms with E-state index in [9.17, 15) is 10.2 Å². The molecule has 2 rings (SSSR count). The van der Waals surface area contributed by atoms with Gasteiger partial charge in [-0.1, -0.05) is 24.3 Å². The number of hydrogen-bond donors (Lipinski definition) is 3. The standard InChI is InChI=1S/C15H16BrNO2/c1-10(18)12-4-2-3-5-14(12)17-9-11-6-7-15(19)13(16)8-11/h2-8,10,17-19H,9H2,1H3. The lowest BCUT2D eigenvalue weighted by Crippen LogP contribution is -2.04. The molecule has 0 bridgehead atoms. The number of aliphatic hydroxyl groups excluding tert-OH is 1. The quantitative estimate of drug-likeness (QED) is 0.802. The van der Waals surface area contributed by atoms with E-state index in [4.69, 9.17) is 0 Å². The molecular weight excluding hydrogens is 306 g/mol. The average Bonchev–Trinajstić information content (AvgIpc) is 2.40. The topological polar surface area (TPSA) is 52.5 Å². The highest BCUT2D eigenvalue weighted by atomic mass is 79.9. The van der Waals surface area contributed by atoms with Crippen LogP contribution in [0.2, 0.25) is 0 Å². The Bertz CT molecular complexity index is 570. The molecule has 3 N–H and O–H groups in total. The summed E-state index contributed by atoms with van der Waals surface area (Å²) in [5.74, 6) is 0.230. The predicted molar refractivity (Wildman–Crippen MR) is 80.2 cm³/mol. The molecule has 100 valence electrons. The zero-order valence-electron chi connectivity index (χ0n) is 10.6. The van der Waals surface area contributed by atoms with Crippen molar-refractivity contribution in [2.24, 2.45) is 0 Å². The van der Waals surface area contributed by atoms with Crippen molar-refractivity contribution in [3.8, 4) is 5.75 Å². The number of phenols is 1. The Morgan fingerprint density at radius 1 is 1.21 bits per heavy atom. The van der Waals surface area contributed by atoms with Crippen LogP contribution in [-0.4, -0.2) is 10.2 Å². The molecule has 2 aromatic carbocycles. The summed E-state index contributed by atoms with van der Waals surface area (Å²) in [6.45, 7) is 2.38. The highest BCUT2D eigenvalue weighted by Gasteiger charge is 2.07. The summed E-state index contributed by atoms with van der Waals surface area (Å²) in [5.41, 5.74) is 2.84. The third-order valence-corrected chi connectivity index (χ3v) is 3.54. The minimum Gasteiger partial charge on any atom is -0.507 e. The van der Waals surface area contributed by atoms with Crippen LogP contribution in [0.25, 0.3) is 0 Å². The minimum absolute atomic E-state index is 0.230. The second-order valence-corrected chi connectivity index (χ2v) is 5.26. The fraction of sp³-hybridized carbons (Fsp3) is 0.200. The maximum Gasteiger partial charge on any atom is 0.129 e. The molecule has 0 aliphatic carbocycles. The van der Waals surface area contributed by atoms with Crippen LogP contribution in [-0.2, 0) is 6.54 Å². The Hall–Kier alpha value is -1.52. The number of aromatic hydroxyl groups is 1. The molecule has 4 heteroatoms. The van der Waals surface area contributed by atoms with Gasteiger partial charge in [0.15, 0.2) is 0 Å². The molecular formula is C15H16BrNO2. The van der Waals surface area contributed by atoms with Gasteiger partial charge in [-0.25, -0.2) is 0 Å². The van der Waals surface area contributed by atoms with Crippen LogP contribution in [0, 0.1) is 0 Å². The number of aliphatic hydroxyl groups is 1. The lowest BCUT2D eigenvalue weighted by Gasteiger charge is -2.14. The van der Waals surface area contributed by atoms with Gasteiger partial charge in [0.05, 0.1) is 10.6 Å². The van der Waals surface area contributed by atoms with E-state index in [1.807, 2.05) is 36.4 Å². The van der Waals surface area contributed by atoms with Crippen LogP contribution in [0.5, 0.6) is 5.75 Å². The first kappa shape index (κ1) is 13.9. The van der Waals surface area contributed by atoms with E-state index < -0.39 is 6.10 Å². The van der Waals surface area contributed by atoms with Gasteiger partial charge in [-0.05, 0) is 46.6 Å². The Morgan fingerprint density at radius 3 is 2.63 bits per heavy atom. The van der Waals surface area contributed by atoms with Crippen LogP contribution < -0.4 is 5.32 Å². The van der Waals surface area contributed by atoms with Gasteiger partial charge in [0.25, 0.3) is 0 Å². The zero-order chi connectivity index (χ0) is 13.8. The summed E-state index contributed by atoms with van der Waals surface area (Å²) in [4.78, 5) is 0. The SMILES string of the molecule is CC(O)c1ccccc1NCc1ccc(O)c(Br)c1. The molecule has 2 aromatic rings. The highest BCUT2D eigenvalue weighted by Crippen LogP contribution is 2.26. The van der Waals surface area contributed by atoms with E-state index in [0.29, 0.717) is 11.0 Å². The van der Waals surface area contributed by atoms with E-state index in [2.05, 4.69) is 21.2 Å². The second-order valence-electron chi connectivity index (χ2n) is 4.40. The Morgan fingerprint density at radius 2 is 1.95 bits per heavy atom.